The number of alkyl halides is 3. The van der Waals surface area contributed by atoms with Crippen LogP contribution in [-0.4, -0.2) is 38.0 Å². The largest absolute Gasteiger partial charge is 0.416 e. The first kappa shape index (κ1) is 18.2. The summed E-state index contributed by atoms with van der Waals surface area (Å²) in [6.07, 6.45) is -4.05. The van der Waals surface area contributed by atoms with Gasteiger partial charge in [-0.05, 0) is 24.1 Å². The Morgan fingerprint density at radius 1 is 1.41 bits per heavy atom. The predicted octanol–water partition coefficient (Wildman–Crippen LogP) is 2.07. The normalized spacial score (nSPS) is 12.8. The number of rotatable bonds is 7. The average molecular weight is 320 g/mol. The number of benzene rings is 1. The second-order valence-corrected chi connectivity index (χ2v) is 4.61. The molecule has 0 heterocycles. The maximum absolute atomic E-state index is 12.7. The average Bonchev–Trinajstić information content (AvgIpc) is 2.46. The molecular formula is C14H19F3N2O3. The molecule has 0 aromatic heterocycles. The van der Waals surface area contributed by atoms with Gasteiger partial charge in [-0.15, -0.1) is 0 Å². The van der Waals surface area contributed by atoms with Crippen LogP contribution in [0.1, 0.15) is 23.6 Å². The molecule has 0 bridgehead atoms. The van der Waals surface area contributed by atoms with Gasteiger partial charge in [0.15, 0.2) is 0 Å². The zero-order valence-electron chi connectivity index (χ0n) is 12.1. The van der Waals surface area contributed by atoms with Crippen LogP contribution in [0.4, 0.5) is 18.0 Å². The summed E-state index contributed by atoms with van der Waals surface area (Å²) in [5.41, 5.74) is -0.484. The summed E-state index contributed by atoms with van der Waals surface area (Å²) in [7, 11) is 1.39. The van der Waals surface area contributed by atoms with Gasteiger partial charge in [-0.2, -0.15) is 13.2 Å². The van der Waals surface area contributed by atoms with E-state index in [4.69, 9.17) is 9.84 Å². The Labute approximate surface area is 126 Å². The summed E-state index contributed by atoms with van der Waals surface area (Å²) < 4.78 is 43.1. The van der Waals surface area contributed by atoms with E-state index in [1.54, 1.807) is 0 Å². The number of amides is 2. The fraction of sp³-hybridized carbons (Fsp3) is 0.500. The highest BCUT2D eigenvalue weighted by Gasteiger charge is 2.31. The zero-order valence-corrected chi connectivity index (χ0v) is 12.1. The first-order valence-electron chi connectivity index (χ1n) is 6.69. The number of nitrogens with one attached hydrogen (secondary N) is 2. The lowest BCUT2D eigenvalue weighted by atomic mass is 10.0. The molecule has 1 aromatic rings. The van der Waals surface area contributed by atoms with E-state index in [-0.39, 0.29) is 19.8 Å². The van der Waals surface area contributed by atoms with Crippen molar-refractivity contribution in [2.45, 2.75) is 18.6 Å². The lowest BCUT2D eigenvalue weighted by Crippen LogP contribution is -2.40. The van der Waals surface area contributed by atoms with Crippen molar-refractivity contribution in [2.24, 2.45) is 0 Å². The maximum atomic E-state index is 12.7. The van der Waals surface area contributed by atoms with Crippen LogP contribution < -0.4 is 10.6 Å². The molecule has 1 aromatic carbocycles. The van der Waals surface area contributed by atoms with Gasteiger partial charge in [0.05, 0.1) is 18.2 Å². The van der Waals surface area contributed by atoms with Gasteiger partial charge in [-0.25, -0.2) is 4.79 Å². The van der Waals surface area contributed by atoms with Gasteiger partial charge in [-0.1, -0.05) is 12.1 Å². The van der Waals surface area contributed by atoms with Crippen LogP contribution in [0.15, 0.2) is 24.3 Å². The Kier molecular flexibility index (Phi) is 7.13. The third-order valence-electron chi connectivity index (χ3n) is 2.88. The summed E-state index contributed by atoms with van der Waals surface area (Å²) in [6.45, 7) is 0.245. The molecule has 124 valence electrons. The maximum Gasteiger partial charge on any atom is 0.416 e. The highest BCUT2D eigenvalue weighted by molar-refractivity contribution is 5.74. The highest BCUT2D eigenvalue weighted by atomic mass is 19.4. The standard InChI is InChI=1S/C14H19F3N2O3/c1-22-9-12(19-13(21)18-6-3-7-20)10-4-2-5-11(8-10)14(15,16)17/h2,4-5,8,12,20H,3,6-7,9H2,1H3,(H2,18,19,21). The molecule has 0 fully saturated rings. The van der Waals surface area contributed by atoms with Crippen molar-refractivity contribution in [1.82, 2.24) is 10.6 Å². The molecule has 1 unspecified atom stereocenters. The molecule has 0 saturated heterocycles. The van der Waals surface area contributed by atoms with E-state index in [1.165, 1.54) is 19.2 Å². The molecule has 0 aliphatic rings. The summed E-state index contributed by atoms with van der Waals surface area (Å²) in [5.74, 6) is 0. The van der Waals surface area contributed by atoms with Gasteiger partial charge >= 0.3 is 12.2 Å². The Morgan fingerprint density at radius 2 is 2.14 bits per heavy atom. The minimum absolute atomic E-state index is 0.0364. The summed E-state index contributed by atoms with van der Waals surface area (Å²) >= 11 is 0. The molecule has 22 heavy (non-hydrogen) atoms. The fourth-order valence-corrected chi connectivity index (χ4v) is 1.81. The van der Waals surface area contributed by atoms with E-state index in [2.05, 4.69) is 10.6 Å². The molecule has 0 radical (unpaired) electrons. The molecule has 5 nitrogen and oxygen atoms in total. The van der Waals surface area contributed by atoms with Crippen molar-refractivity contribution < 1.29 is 27.8 Å². The third kappa shape index (κ3) is 5.90. The number of ether oxygens (including phenoxy) is 1. The molecule has 0 aliphatic heterocycles. The summed E-state index contributed by atoms with van der Waals surface area (Å²) in [5, 5.41) is 13.7. The van der Waals surface area contributed by atoms with Crippen molar-refractivity contribution in [3.8, 4) is 0 Å². The highest BCUT2D eigenvalue weighted by Crippen LogP contribution is 2.30. The Hall–Kier alpha value is -1.80. The summed E-state index contributed by atoms with van der Waals surface area (Å²) in [4.78, 5) is 11.7. The van der Waals surface area contributed by atoms with Crippen molar-refractivity contribution in [3.63, 3.8) is 0 Å². The Balaban J connectivity index is 2.80. The minimum Gasteiger partial charge on any atom is -0.396 e. The van der Waals surface area contributed by atoms with E-state index in [0.29, 0.717) is 12.0 Å². The number of halogens is 3. The van der Waals surface area contributed by atoms with Gasteiger partial charge in [0.1, 0.15) is 0 Å². The first-order chi connectivity index (χ1) is 10.4. The number of aliphatic hydroxyl groups excluding tert-OH is 1. The quantitative estimate of drug-likeness (QED) is 0.674. The van der Waals surface area contributed by atoms with Gasteiger partial charge in [-0.3, -0.25) is 0 Å². The van der Waals surface area contributed by atoms with Crippen LogP contribution in [0.25, 0.3) is 0 Å². The summed E-state index contributed by atoms with van der Waals surface area (Å²) in [6, 6.07) is 3.49. The zero-order chi connectivity index (χ0) is 16.6. The first-order valence-corrected chi connectivity index (χ1v) is 6.69. The topological polar surface area (TPSA) is 70.6 Å². The van der Waals surface area contributed by atoms with Crippen molar-refractivity contribution >= 4 is 6.03 Å². The van der Waals surface area contributed by atoms with Gasteiger partial charge in [0, 0.05) is 20.3 Å². The third-order valence-corrected chi connectivity index (χ3v) is 2.88. The van der Waals surface area contributed by atoms with E-state index in [9.17, 15) is 18.0 Å². The molecule has 1 rings (SSSR count). The Bertz CT molecular complexity index is 481. The fourth-order valence-electron chi connectivity index (χ4n) is 1.81. The monoisotopic (exact) mass is 320 g/mol. The number of urea groups is 1. The molecule has 0 spiro atoms. The number of hydrogen-bond acceptors (Lipinski definition) is 3. The second-order valence-electron chi connectivity index (χ2n) is 4.61. The van der Waals surface area contributed by atoms with Crippen molar-refractivity contribution in [3.05, 3.63) is 35.4 Å². The van der Waals surface area contributed by atoms with E-state index < -0.39 is 23.8 Å². The SMILES string of the molecule is COCC(NC(=O)NCCCO)c1cccc(C(F)(F)F)c1. The molecule has 8 heteroatoms. The molecular weight excluding hydrogens is 301 g/mol. The number of hydrogen-bond donors (Lipinski definition) is 3. The van der Waals surface area contributed by atoms with Crippen LogP contribution in [0.2, 0.25) is 0 Å². The van der Waals surface area contributed by atoms with Gasteiger partial charge < -0.3 is 20.5 Å². The number of aliphatic hydroxyl groups is 1. The second kappa shape index (κ2) is 8.60. The van der Waals surface area contributed by atoms with E-state index in [1.807, 2.05) is 0 Å². The van der Waals surface area contributed by atoms with E-state index >= 15 is 0 Å². The molecule has 1 atom stereocenters. The number of carbonyl (C=O) groups is 1. The van der Waals surface area contributed by atoms with Crippen LogP contribution >= 0.6 is 0 Å². The predicted molar refractivity (Wildman–Crippen MR) is 74.3 cm³/mol. The minimum atomic E-state index is -4.45. The van der Waals surface area contributed by atoms with Crippen LogP contribution in [-0.2, 0) is 10.9 Å². The Morgan fingerprint density at radius 3 is 2.73 bits per heavy atom. The molecule has 3 N–H and O–H groups in total. The van der Waals surface area contributed by atoms with Crippen LogP contribution in [0.3, 0.4) is 0 Å². The number of carbonyl (C=O) groups excluding carboxylic acids is 1. The molecule has 2 amide bonds. The van der Waals surface area contributed by atoms with Gasteiger partial charge in [0.25, 0.3) is 0 Å². The molecule has 0 aliphatic carbocycles. The van der Waals surface area contributed by atoms with Crippen LogP contribution in [0, 0.1) is 0 Å². The van der Waals surface area contributed by atoms with Crippen molar-refractivity contribution in [1.29, 1.82) is 0 Å². The van der Waals surface area contributed by atoms with Gasteiger partial charge in [0.2, 0.25) is 0 Å². The smallest absolute Gasteiger partial charge is 0.396 e. The number of methoxy groups -OCH3 is 1. The van der Waals surface area contributed by atoms with Crippen molar-refractivity contribution in [2.75, 3.05) is 26.9 Å². The lowest BCUT2D eigenvalue weighted by Gasteiger charge is -2.20. The van der Waals surface area contributed by atoms with E-state index in [0.717, 1.165) is 12.1 Å². The van der Waals surface area contributed by atoms with Crippen LogP contribution in [0.5, 0.6) is 0 Å². The lowest BCUT2D eigenvalue weighted by molar-refractivity contribution is -0.137. The molecule has 0 saturated carbocycles.